The summed E-state index contributed by atoms with van der Waals surface area (Å²) in [6.45, 7) is 1.33. The van der Waals surface area contributed by atoms with Gasteiger partial charge >= 0.3 is 6.09 Å². The van der Waals surface area contributed by atoms with Crippen molar-refractivity contribution in [3.63, 3.8) is 0 Å². The molecule has 3 heterocycles. The average Bonchev–Trinajstić information content (AvgIpc) is 3.30. The summed E-state index contributed by atoms with van der Waals surface area (Å²) in [6, 6.07) is 6.37. The molecule has 5 rings (SSSR count). The quantitative estimate of drug-likeness (QED) is 0.520. The molecule has 0 bridgehead atoms. The minimum absolute atomic E-state index is 0.0451. The first-order valence-electron chi connectivity index (χ1n) is 11.1. The van der Waals surface area contributed by atoms with Crippen LogP contribution in [0.5, 0.6) is 5.75 Å². The summed E-state index contributed by atoms with van der Waals surface area (Å²) in [5.41, 5.74) is 1.14. The summed E-state index contributed by atoms with van der Waals surface area (Å²) in [5.74, 6) is -1.04. The van der Waals surface area contributed by atoms with E-state index < -0.39 is 29.8 Å². The second-order valence-electron chi connectivity index (χ2n) is 8.58. The molecule has 0 radical (unpaired) electrons. The Morgan fingerprint density at radius 3 is 2.47 bits per heavy atom. The topological polar surface area (TPSA) is 118 Å². The fourth-order valence-electron chi connectivity index (χ4n) is 4.67. The average molecular weight is 514 g/mol. The van der Waals surface area contributed by atoms with Crippen molar-refractivity contribution in [3.05, 3.63) is 75.1 Å². The largest absolute Gasteiger partial charge is 0.482 e. The third kappa shape index (κ3) is 3.76. The van der Waals surface area contributed by atoms with Gasteiger partial charge in [0.25, 0.3) is 11.8 Å². The van der Waals surface area contributed by atoms with E-state index in [2.05, 4.69) is 10.2 Å². The highest BCUT2D eigenvalue weighted by molar-refractivity contribution is 6.31. The van der Waals surface area contributed by atoms with Crippen LogP contribution in [0.3, 0.4) is 0 Å². The molecule has 10 nitrogen and oxygen atoms in total. The number of aryl methyl sites for hydroxylation is 1. The highest BCUT2D eigenvalue weighted by Gasteiger charge is 2.42. The van der Waals surface area contributed by atoms with Crippen molar-refractivity contribution < 1.29 is 28.6 Å². The number of amides is 3. The molecule has 2 aliphatic heterocycles. The van der Waals surface area contributed by atoms with Crippen LogP contribution in [-0.4, -0.2) is 60.7 Å². The number of carboxylic acid groups (broad SMARTS) is 1. The maximum Gasteiger partial charge on any atom is 0.407 e. The molecule has 1 N–H and O–H groups in total. The van der Waals surface area contributed by atoms with E-state index in [0.717, 1.165) is 15.9 Å². The van der Waals surface area contributed by atoms with E-state index in [1.165, 1.54) is 12.1 Å². The first-order valence-corrected chi connectivity index (χ1v) is 11.5. The number of fused-ring (bicyclic) bond motifs is 2. The van der Waals surface area contributed by atoms with Gasteiger partial charge in [-0.05, 0) is 37.1 Å². The maximum absolute atomic E-state index is 15.3. The van der Waals surface area contributed by atoms with Crippen LogP contribution in [0.15, 0.2) is 30.3 Å². The minimum Gasteiger partial charge on any atom is -0.482 e. The second-order valence-corrected chi connectivity index (χ2v) is 8.99. The lowest BCUT2D eigenvalue weighted by Gasteiger charge is -2.38. The highest BCUT2D eigenvalue weighted by atomic mass is 35.5. The molecule has 0 saturated carbocycles. The fraction of sp³-hybridized carbons (Fsp3) is 0.292. The van der Waals surface area contributed by atoms with Crippen LogP contribution in [0.25, 0.3) is 0 Å². The maximum atomic E-state index is 15.3. The number of benzene rings is 2. The van der Waals surface area contributed by atoms with Crippen molar-refractivity contribution in [2.75, 3.05) is 13.1 Å². The predicted molar refractivity (Wildman–Crippen MR) is 124 cm³/mol. The van der Waals surface area contributed by atoms with E-state index in [1.807, 2.05) is 0 Å². The first-order chi connectivity index (χ1) is 17.2. The number of ether oxygens (including phenoxy) is 1. The van der Waals surface area contributed by atoms with Crippen molar-refractivity contribution in [2.24, 2.45) is 7.05 Å². The lowest BCUT2D eigenvalue weighted by Crippen LogP contribution is -2.46. The van der Waals surface area contributed by atoms with Gasteiger partial charge in [-0.2, -0.15) is 0 Å². The molecule has 0 aliphatic carbocycles. The van der Waals surface area contributed by atoms with Gasteiger partial charge in [-0.1, -0.05) is 23.7 Å². The molecule has 1 aromatic heterocycles. The molecule has 0 fully saturated rings. The number of nitrogens with zero attached hydrogens (tertiary/aromatic N) is 5. The van der Waals surface area contributed by atoms with Gasteiger partial charge in [0.2, 0.25) is 0 Å². The van der Waals surface area contributed by atoms with Crippen molar-refractivity contribution >= 4 is 29.5 Å². The molecule has 0 unspecified atom stereocenters. The van der Waals surface area contributed by atoms with Gasteiger partial charge in [0.05, 0.1) is 23.7 Å². The molecule has 2 aromatic carbocycles. The first kappa shape index (κ1) is 23.7. The molecular formula is C24H21ClFN5O5. The molecule has 3 aromatic rings. The van der Waals surface area contributed by atoms with Crippen LogP contribution in [0.1, 0.15) is 49.5 Å². The van der Waals surface area contributed by atoms with Crippen molar-refractivity contribution in [2.45, 2.75) is 26.0 Å². The standard InChI is InChI=1S/C24H21ClFN5O5/c1-12-27-28-19(29(12)2)11-36-21-17(26)9-16(25)15-7-8-30(24(34)35)18(20(15)21)10-31-22(32)13-5-3-4-6-14(13)23(31)33/h3-6,9,18H,7-8,10-11H2,1-2H3,(H,34,35)/t18-/m1/s1. The number of halogens is 2. The SMILES string of the molecule is Cc1nnc(COc2c(F)cc(Cl)c3c2[C@@H](CN2C(=O)c4ccccc4C2=O)N(C(=O)O)CC3)n1C. The fourth-order valence-corrected chi connectivity index (χ4v) is 4.96. The number of hydrogen-bond acceptors (Lipinski definition) is 6. The molecule has 186 valence electrons. The van der Waals surface area contributed by atoms with Crippen molar-refractivity contribution in [1.82, 2.24) is 24.6 Å². The van der Waals surface area contributed by atoms with E-state index in [0.29, 0.717) is 17.2 Å². The van der Waals surface area contributed by atoms with Crippen LogP contribution >= 0.6 is 11.6 Å². The summed E-state index contributed by atoms with van der Waals surface area (Å²) in [4.78, 5) is 40.3. The summed E-state index contributed by atoms with van der Waals surface area (Å²) in [6.07, 6.45) is -1.07. The van der Waals surface area contributed by atoms with E-state index >= 15 is 4.39 Å². The Bertz CT molecular complexity index is 1390. The third-order valence-electron chi connectivity index (χ3n) is 6.65. The Labute approximate surface area is 209 Å². The van der Waals surface area contributed by atoms with Crippen LogP contribution in [0.4, 0.5) is 9.18 Å². The Hall–Kier alpha value is -3.99. The third-order valence-corrected chi connectivity index (χ3v) is 6.99. The molecule has 2 aliphatic rings. The Morgan fingerprint density at radius 1 is 1.22 bits per heavy atom. The summed E-state index contributed by atoms with van der Waals surface area (Å²) in [5, 5.41) is 18.0. The predicted octanol–water partition coefficient (Wildman–Crippen LogP) is 3.37. The number of rotatable bonds is 5. The highest BCUT2D eigenvalue weighted by Crippen LogP contribution is 2.43. The molecule has 1 atom stereocenters. The van der Waals surface area contributed by atoms with Crippen LogP contribution < -0.4 is 4.74 Å². The Kier molecular flexibility index (Phi) is 5.87. The van der Waals surface area contributed by atoms with Crippen LogP contribution in [0.2, 0.25) is 5.02 Å². The van der Waals surface area contributed by atoms with Gasteiger partial charge in [0, 0.05) is 24.2 Å². The molecule has 36 heavy (non-hydrogen) atoms. The second kappa shape index (κ2) is 8.90. The monoisotopic (exact) mass is 513 g/mol. The number of aromatic nitrogens is 3. The van der Waals surface area contributed by atoms with Gasteiger partial charge in [-0.15, -0.1) is 10.2 Å². The molecule has 3 amide bonds. The molecule has 0 spiro atoms. The molecular weight excluding hydrogens is 493 g/mol. The van der Waals surface area contributed by atoms with Gasteiger partial charge in [0.1, 0.15) is 12.4 Å². The van der Waals surface area contributed by atoms with Crippen molar-refractivity contribution in [1.29, 1.82) is 0 Å². The zero-order valence-electron chi connectivity index (χ0n) is 19.4. The summed E-state index contributed by atoms with van der Waals surface area (Å²) >= 11 is 6.37. The summed E-state index contributed by atoms with van der Waals surface area (Å²) < 4.78 is 22.8. The zero-order valence-corrected chi connectivity index (χ0v) is 20.1. The van der Waals surface area contributed by atoms with Crippen LogP contribution in [-0.2, 0) is 20.1 Å². The number of carbonyl (C=O) groups is 3. The van der Waals surface area contributed by atoms with Gasteiger partial charge < -0.3 is 14.4 Å². The van der Waals surface area contributed by atoms with Gasteiger partial charge in [0.15, 0.2) is 17.4 Å². The number of carbonyl (C=O) groups excluding carboxylic acids is 2. The van der Waals surface area contributed by atoms with Gasteiger partial charge in [-0.3, -0.25) is 19.4 Å². The van der Waals surface area contributed by atoms with Crippen LogP contribution in [0, 0.1) is 12.7 Å². The summed E-state index contributed by atoms with van der Waals surface area (Å²) in [7, 11) is 1.74. The van der Waals surface area contributed by atoms with E-state index in [1.54, 1.807) is 30.7 Å². The van der Waals surface area contributed by atoms with E-state index in [9.17, 15) is 19.5 Å². The number of imide groups is 1. The lowest BCUT2D eigenvalue weighted by atomic mass is 9.91. The molecule has 12 heteroatoms. The van der Waals surface area contributed by atoms with E-state index in [-0.39, 0.29) is 53.6 Å². The normalized spacial score (nSPS) is 16.8. The smallest absolute Gasteiger partial charge is 0.407 e. The van der Waals surface area contributed by atoms with Gasteiger partial charge in [-0.25, -0.2) is 9.18 Å². The van der Waals surface area contributed by atoms with Crippen molar-refractivity contribution in [3.8, 4) is 5.75 Å². The molecule has 0 saturated heterocycles. The minimum atomic E-state index is -1.28. The zero-order chi connectivity index (χ0) is 25.7. The number of hydrogen-bond donors (Lipinski definition) is 1. The Balaban J connectivity index is 1.57. The lowest BCUT2D eigenvalue weighted by molar-refractivity contribution is 0.0565. The van der Waals surface area contributed by atoms with E-state index in [4.69, 9.17) is 16.3 Å². The Morgan fingerprint density at radius 2 is 1.89 bits per heavy atom.